The second kappa shape index (κ2) is 8.00. The second-order valence-corrected chi connectivity index (χ2v) is 12.5. The number of phenols is 1. The maximum absolute atomic E-state index is 14.1. The lowest BCUT2D eigenvalue weighted by atomic mass is 9.38. The highest BCUT2D eigenvalue weighted by Gasteiger charge is 2.78. The predicted molar refractivity (Wildman–Crippen MR) is 145 cm³/mol. The lowest BCUT2D eigenvalue weighted by Crippen LogP contribution is -2.78. The van der Waals surface area contributed by atoms with Crippen molar-refractivity contribution in [1.82, 2.24) is 9.80 Å². The molecule has 0 radical (unpaired) electrons. The standard InChI is InChI=1S/C31H34N2O4.ClH/c1-32(17-19-5-3-2-4-6-19)27(35)22-16-29-11-12-31(22,36)28-30(29)13-14-33(18-20-7-8-20)24(29)15-21-9-10-23(34)26(37-28)25(21)30;/h2-6,9-10,16,20,24,28,34,36H,7-8,11-15,17-18H2,1H3;1H/t24-,28-,29-,30+,31-;/m1./s1. The minimum absolute atomic E-state index is 0. The van der Waals surface area contributed by atoms with E-state index in [9.17, 15) is 15.0 Å². The van der Waals surface area contributed by atoms with Gasteiger partial charge in [-0.1, -0.05) is 42.5 Å². The Morgan fingerprint density at radius 3 is 2.68 bits per heavy atom. The first-order valence-electron chi connectivity index (χ1n) is 13.9. The van der Waals surface area contributed by atoms with E-state index in [0.29, 0.717) is 24.3 Å². The number of ether oxygens (including phenoxy) is 1. The molecule has 3 fully saturated rings. The Morgan fingerprint density at radius 2 is 1.92 bits per heavy atom. The van der Waals surface area contributed by atoms with Crippen LogP contribution < -0.4 is 4.74 Å². The molecule has 38 heavy (non-hydrogen) atoms. The van der Waals surface area contributed by atoms with E-state index in [2.05, 4.69) is 17.0 Å². The quantitative estimate of drug-likeness (QED) is 0.607. The molecule has 2 aliphatic heterocycles. The predicted octanol–water partition coefficient (Wildman–Crippen LogP) is 3.96. The number of likely N-dealkylation sites (tertiary alicyclic amines) is 1. The van der Waals surface area contributed by atoms with E-state index in [1.165, 1.54) is 18.4 Å². The van der Waals surface area contributed by atoms with Crippen LogP contribution in [-0.4, -0.2) is 63.8 Å². The van der Waals surface area contributed by atoms with E-state index in [1.807, 2.05) is 37.4 Å². The fourth-order valence-electron chi connectivity index (χ4n) is 8.94. The van der Waals surface area contributed by atoms with E-state index in [4.69, 9.17) is 4.74 Å². The third kappa shape index (κ3) is 2.89. The Balaban J connectivity index is 0.00000242. The molecular weight excluding hydrogens is 500 g/mol. The number of piperidine rings is 1. The van der Waals surface area contributed by atoms with Crippen molar-refractivity contribution >= 4 is 18.3 Å². The fourth-order valence-corrected chi connectivity index (χ4v) is 8.94. The summed E-state index contributed by atoms with van der Waals surface area (Å²) in [5, 5.41) is 23.3. The highest BCUT2D eigenvalue weighted by atomic mass is 35.5. The van der Waals surface area contributed by atoms with Crippen molar-refractivity contribution in [2.75, 3.05) is 20.1 Å². The van der Waals surface area contributed by atoms with Gasteiger partial charge in [0.2, 0.25) is 0 Å². The Hall–Kier alpha value is -2.54. The molecule has 6 nitrogen and oxygen atoms in total. The van der Waals surface area contributed by atoms with Crippen molar-refractivity contribution < 1.29 is 19.7 Å². The number of carbonyl (C=O) groups is 1. The minimum atomic E-state index is -1.38. The highest BCUT2D eigenvalue weighted by molar-refractivity contribution is 5.97. The minimum Gasteiger partial charge on any atom is -0.504 e. The van der Waals surface area contributed by atoms with Crippen LogP contribution in [0.4, 0.5) is 0 Å². The van der Waals surface area contributed by atoms with Gasteiger partial charge in [0.15, 0.2) is 11.5 Å². The number of likely N-dealkylation sites (N-methyl/N-ethyl adjacent to an activating group) is 1. The topological polar surface area (TPSA) is 73.2 Å². The number of aromatic hydroxyl groups is 1. The van der Waals surface area contributed by atoms with Gasteiger partial charge in [0.25, 0.3) is 5.91 Å². The van der Waals surface area contributed by atoms with Gasteiger partial charge in [-0.05, 0) is 68.2 Å². The van der Waals surface area contributed by atoms with Gasteiger partial charge >= 0.3 is 0 Å². The van der Waals surface area contributed by atoms with Crippen molar-refractivity contribution in [3.8, 4) is 11.5 Å². The number of phenolic OH excluding ortho intramolecular Hbond substituents is 1. The Bertz CT molecular complexity index is 1360. The molecule has 5 atom stereocenters. The molecule has 9 rings (SSSR count). The SMILES string of the molecule is CN(Cc1ccccc1)C(=O)C1=C[C@@]23CC[C@]1(O)[C@@H]1Oc4c(O)ccc5c4[C@@]12CCN(CC1CC1)[C@@H]3C5.Cl. The number of hydrogen-bond acceptors (Lipinski definition) is 5. The van der Waals surface area contributed by atoms with Gasteiger partial charge in [0.1, 0.15) is 11.7 Å². The van der Waals surface area contributed by atoms with Gasteiger partial charge in [0, 0.05) is 42.7 Å². The van der Waals surface area contributed by atoms with E-state index >= 15 is 0 Å². The molecule has 0 unspecified atom stereocenters. The van der Waals surface area contributed by atoms with Gasteiger partial charge in [-0.3, -0.25) is 9.69 Å². The van der Waals surface area contributed by atoms with E-state index in [0.717, 1.165) is 49.4 Å². The maximum atomic E-state index is 14.1. The largest absolute Gasteiger partial charge is 0.504 e. The average Bonchev–Trinajstić information content (AvgIpc) is 3.64. The molecule has 7 heteroatoms. The van der Waals surface area contributed by atoms with E-state index in [-0.39, 0.29) is 35.5 Å². The molecule has 1 saturated heterocycles. The number of benzene rings is 2. The van der Waals surface area contributed by atoms with Crippen molar-refractivity contribution in [2.24, 2.45) is 11.3 Å². The van der Waals surface area contributed by atoms with Crippen molar-refractivity contribution in [3.63, 3.8) is 0 Å². The van der Waals surface area contributed by atoms with Crippen molar-refractivity contribution in [1.29, 1.82) is 0 Å². The van der Waals surface area contributed by atoms with Crippen LogP contribution in [0.15, 0.2) is 54.1 Å². The summed E-state index contributed by atoms with van der Waals surface area (Å²) in [7, 11) is 1.82. The molecular formula is C31H35ClN2O4. The van der Waals surface area contributed by atoms with Crippen molar-refractivity contribution in [3.05, 3.63) is 70.8 Å². The summed E-state index contributed by atoms with van der Waals surface area (Å²) in [5.41, 5.74) is 1.82. The molecule has 0 aromatic heterocycles. The molecule has 2 N–H and O–H groups in total. The lowest BCUT2D eigenvalue weighted by molar-refractivity contribution is -0.188. The third-order valence-corrected chi connectivity index (χ3v) is 10.7. The molecule has 2 heterocycles. The van der Waals surface area contributed by atoms with Crippen LogP contribution in [-0.2, 0) is 23.2 Å². The lowest BCUT2D eigenvalue weighted by Gasteiger charge is -2.70. The zero-order valence-electron chi connectivity index (χ0n) is 21.7. The zero-order chi connectivity index (χ0) is 25.2. The first kappa shape index (κ1) is 24.5. The summed E-state index contributed by atoms with van der Waals surface area (Å²) in [4.78, 5) is 18.5. The molecule has 4 bridgehead atoms. The van der Waals surface area contributed by atoms with Crippen LogP contribution in [0, 0.1) is 11.3 Å². The highest BCUT2D eigenvalue weighted by Crippen LogP contribution is 2.74. The number of fused-ring (bicyclic) bond motifs is 1. The summed E-state index contributed by atoms with van der Waals surface area (Å²) in [5.74, 6) is 1.35. The maximum Gasteiger partial charge on any atom is 0.252 e. The van der Waals surface area contributed by atoms with Crippen LogP contribution >= 0.6 is 12.4 Å². The van der Waals surface area contributed by atoms with Crippen molar-refractivity contribution in [2.45, 2.75) is 68.2 Å². The number of carbonyl (C=O) groups excluding carboxylic acids is 1. The smallest absolute Gasteiger partial charge is 0.252 e. The summed E-state index contributed by atoms with van der Waals surface area (Å²) in [6.45, 7) is 2.57. The van der Waals surface area contributed by atoms with Crippen LogP contribution in [0.25, 0.3) is 0 Å². The number of halogens is 1. The van der Waals surface area contributed by atoms with Gasteiger partial charge in [-0.25, -0.2) is 0 Å². The van der Waals surface area contributed by atoms with E-state index in [1.54, 1.807) is 11.0 Å². The zero-order valence-corrected chi connectivity index (χ0v) is 22.5. The molecule has 2 spiro atoms. The van der Waals surface area contributed by atoms with Crippen LogP contribution in [0.2, 0.25) is 0 Å². The molecule has 5 aliphatic carbocycles. The molecule has 200 valence electrons. The molecule has 2 saturated carbocycles. The Morgan fingerprint density at radius 1 is 1.13 bits per heavy atom. The number of hydrogen-bond donors (Lipinski definition) is 2. The Labute approximate surface area is 229 Å². The number of amides is 1. The average molecular weight is 535 g/mol. The normalized spacial score (nSPS) is 35.6. The summed E-state index contributed by atoms with van der Waals surface area (Å²) < 4.78 is 6.62. The molecule has 7 aliphatic rings. The summed E-state index contributed by atoms with van der Waals surface area (Å²) in [6, 6.07) is 14.1. The van der Waals surface area contributed by atoms with E-state index < -0.39 is 17.1 Å². The number of rotatable bonds is 5. The van der Waals surface area contributed by atoms with Gasteiger partial charge in [-0.2, -0.15) is 0 Å². The van der Waals surface area contributed by atoms with Gasteiger partial charge in [-0.15, -0.1) is 12.4 Å². The first-order chi connectivity index (χ1) is 17.9. The first-order valence-corrected chi connectivity index (χ1v) is 13.9. The molecule has 2 aromatic rings. The van der Waals surface area contributed by atoms with Gasteiger partial charge < -0.3 is 19.8 Å². The summed E-state index contributed by atoms with van der Waals surface area (Å²) >= 11 is 0. The van der Waals surface area contributed by atoms with Gasteiger partial charge in [0.05, 0.1) is 5.41 Å². The Kier molecular flexibility index (Phi) is 5.15. The van der Waals surface area contributed by atoms with Crippen LogP contribution in [0.1, 0.15) is 48.8 Å². The second-order valence-electron chi connectivity index (χ2n) is 12.5. The number of nitrogens with zero attached hydrogens (tertiary/aromatic N) is 2. The summed E-state index contributed by atoms with van der Waals surface area (Å²) in [6.07, 6.45) is 7.38. The number of aliphatic hydroxyl groups is 1. The fraction of sp³-hybridized carbons (Fsp3) is 0.516. The molecule has 2 aromatic carbocycles. The van der Waals surface area contributed by atoms with Crippen LogP contribution in [0.3, 0.4) is 0 Å². The monoisotopic (exact) mass is 534 g/mol. The third-order valence-electron chi connectivity index (χ3n) is 10.7. The molecule has 1 amide bonds. The van der Waals surface area contributed by atoms with Crippen LogP contribution in [0.5, 0.6) is 11.5 Å².